The molecule has 1 unspecified atom stereocenters. The monoisotopic (exact) mass is 352 g/mol. The Morgan fingerprint density at radius 2 is 2.04 bits per heavy atom. The number of carbonyl (C=O) groups is 2. The smallest absolute Gasteiger partial charge is 0.410 e. The summed E-state index contributed by atoms with van der Waals surface area (Å²) in [4.78, 5) is 26.7. The van der Waals surface area contributed by atoms with E-state index in [0.717, 1.165) is 12.8 Å². The van der Waals surface area contributed by atoms with E-state index < -0.39 is 17.4 Å². The van der Waals surface area contributed by atoms with Gasteiger partial charge in [-0.3, -0.25) is 0 Å². The fourth-order valence-electron chi connectivity index (χ4n) is 2.87. The summed E-state index contributed by atoms with van der Waals surface area (Å²) in [6.45, 7) is 6.58. The molecule has 1 aromatic carbocycles. The van der Waals surface area contributed by atoms with Gasteiger partial charge in [0.1, 0.15) is 11.4 Å². The molecule has 0 radical (unpaired) electrons. The molecule has 1 N–H and O–H groups in total. The summed E-state index contributed by atoms with van der Waals surface area (Å²) in [7, 11) is 1.82. The van der Waals surface area contributed by atoms with Crippen LogP contribution >= 0.6 is 0 Å². The maximum atomic E-state index is 13.9. The van der Waals surface area contributed by atoms with E-state index in [-0.39, 0.29) is 17.7 Å². The standard InChI is InChI=1S/C18H25FN2O4/c1-18(2,3)25-17(24)21-9-5-6-13(11-21)20(4)12-7-8-14(16(22)23)15(19)10-12/h7-8,10,13H,5-6,9,11H2,1-4H3,(H,22,23). The van der Waals surface area contributed by atoms with E-state index >= 15 is 0 Å². The Labute approximate surface area is 147 Å². The number of ether oxygens (including phenoxy) is 1. The van der Waals surface area contributed by atoms with Crippen molar-refractivity contribution >= 4 is 17.7 Å². The highest BCUT2D eigenvalue weighted by molar-refractivity contribution is 5.88. The number of anilines is 1. The Kier molecular flexibility index (Phi) is 5.55. The lowest BCUT2D eigenvalue weighted by Crippen LogP contribution is -2.50. The second-order valence-corrected chi connectivity index (χ2v) is 7.30. The van der Waals surface area contributed by atoms with Crippen molar-refractivity contribution in [2.45, 2.75) is 45.3 Å². The normalized spacial score (nSPS) is 18.0. The number of carbonyl (C=O) groups excluding carboxylic acids is 1. The average Bonchev–Trinajstić information content (AvgIpc) is 2.52. The molecule has 0 spiro atoms. The van der Waals surface area contributed by atoms with Crippen molar-refractivity contribution in [1.82, 2.24) is 4.90 Å². The molecule has 25 heavy (non-hydrogen) atoms. The number of likely N-dealkylation sites (tertiary alicyclic amines) is 1. The van der Waals surface area contributed by atoms with Crippen LogP contribution in [0.4, 0.5) is 14.9 Å². The van der Waals surface area contributed by atoms with Crippen molar-refractivity contribution in [3.8, 4) is 0 Å². The number of aromatic carboxylic acids is 1. The predicted molar refractivity (Wildman–Crippen MR) is 92.6 cm³/mol. The fraction of sp³-hybridized carbons (Fsp3) is 0.556. The van der Waals surface area contributed by atoms with Crippen molar-refractivity contribution in [2.75, 3.05) is 25.0 Å². The summed E-state index contributed by atoms with van der Waals surface area (Å²) in [5, 5.41) is 8.92. The first-order chi connectivity index (χ1) is 11.6. The predicted octanol–water partition coefficient (Wildman–Crippen LogP) is 3.36. The number of hydrogen-bond donors (Lipinski definition) is 1. The minimum absolute atomic E-state index is 0.0105. The second kappa shape index (κ2) is 7.29. The first-order valence-electron chi connectivity index (χ1n) is 8.32. The zero-order chi connectivity index (χ0) is 18.8. The molecule has 0 aromatic heterocycles. The van der Waals surface area contributed by atoms with Crippen LogP contribution in [-0.2, 0) is 4.74 Å². The largest absolute Gasteiger partial charge is 0.478 e. The van der Waals surface area contributed by atoms with Crippen LogP contribution in [0.25, 0.3) is 0 Å². The Morgan fingerprint density at radius 1 is 1.36 bits per heavy atom. The van der Waals surface area contributed by atoms with Crippen LogP contribution < -0.4 is 4.90 Å². The lowest BCUT2D eigenvalue weighted by atomic mass is 10.0. The highest BCUT2D eigenvalue weighted by Gasteiger charge is 2.29. The van der Waals surface area contributed by atoms with Gasteiger partial charge in [0, 0.05) is 31.9 Å². The Bertz CT molecular complexity index is 657. The fourth-order valence-corrected chi connectivity index (χ4v) is 2.87. The Balaban J connectivity index is 2.09. The van der Waals surface area contributed by atoms with E-state index in [4.69, 9.17) is 9.84 Å². The maximum Gasteiger partial charge on any atom is 0.410 e. The lowest BCUT2D eigenvalue weighted by molar-refractivity contribution is 0.0199. The van der Waals surface area contributed by atoms with Gasteiger partial charge in [0.25, 0.3) is 0 Å². The molecule has 0 aliphatic carbocycles. The number of amides is 1. The number of likely N-dealkylation sites (N-methyl/N-ethyl adjacent to an activating group) is 1. The summed E-state index contributed by atoms with van der Waals surface area (Å²) in [5.41, 5.74) is -0.319. The SMILES string of the molecule is CN(c1ccc(C(=O)O)c(F)c1)C1CCCN(C(=O)OC(C)(C)C)C1. The van der Waals surface area contributed by atoms with Crippen LogP contribution in [0.3, 0.4) is 0 Å². The summed E-state index contributed by atoms with van der Waals surface area (Å²) >= 11 is 0. The topological polar surface area (TPSA) is 70.1 Å². The van der Waals surface area contributed by atoms with Gasteiger partial charge in [-0.05, 0) is 51.8 Å². The van der Waals surface area contributed by atoms with E-state index in [9.17, 15) is 14.0 Å². The summed E-state index contributed by atoms with van der Waals surface area (Å²) < 4.78 is 19.3. The zero-order valence-electron chi connectivity index (χ0n) is 15.1. The van der Waals surface area contributed by atoms with E-state index in [1.165, 1.54) is 12.1 Å². The number of hydrogen-bond acceptors (Lipinski definition) is 4. The highest BCUT2D eigenvalue weighted by Crippen LogP contribution is 2.24. The molecule has 0 saturated carbocycles. The van der Waals surface area contributed by atoms with Crippen LogP contribution in [-0.4, -0.2) is 53.8 Å². The van der Waals surface area contributed by atoms with Gasteiger partial charge in [0.15, 0.2) is 0 Å². The molecule has 1 aliphatic rings. The molecule has 2 rings (SSSR count). The van der Waals surface area contributed by atoms with Crippen LogP contribution in [0.5, 0.6) is 0 Å². The third kappa shape index (κ3) is 4.84. The number of rotatable bonds is 3. The van der Waals surface area contributed by atoms with Crippen molar-refractivity contribution in [2.24, 2.45) is 0 Å². The zero-order valence-corrected chi connectivity index (χ0v) is 15.1. The molecule has 1 aromatic rings. The van der Waals surface area contributed by atoms with Crippen LogP contribution in [0.15, 0.2) is 18.2 Å². The molecule has 1 aliphatic heterocycles. The highest BCUT2D eigenvalue weighted by atomic mass is 19.1. The van der Waals surface area contributed by atoms with Crippen molar-refractivity contribution in [3.63, 3.8) is 0 Å². The molecular formula is C18H25FN2O4. The second-order valence-electron chi connectivity index (χ2n) is 7.30. The van der Waals surface area contributed by atoms with E-state index in [1.807, 2.05) is 32.7 Å². The van der Waals surface area contributed by atoms with Gasteiger partial charge >= 0.3 is 12.1 Å². The number of carboxylic acid groups (broad SMARTS) is 1. The molecule has 1 atom stereocenters. The van der Waals surface area contributed by atoms with E-state index in [2.05, 4.69) is 0 Å². The first kappa shape index (κ1) is 19.0. The van der Waals surface area contributed by atoms with Crippen molar-refractivity contribution < 1.29 is 23.8 Å². The number of halogens is 1. The van der Waals surface area contributed by atoms with Crippen LogP contribution in [0.2, 0.25) is 0 Å². The number of carboxylic acids is 1. The maximum absolute atomic E-state index is 13.9. The molecule has 1 fully saturated rings. The number of piperidine rings is 1. The summed E-state index contributed by atoms with van der Waals surface area (Å²) in [6, 6.07) is 4.07. The molecule has 1 amide bonds. The molecule has 7 heteroatoms. The average molecular weight is 352 g/mol. The third-order valence-corrected chi connectivity index (χ3v) is 4.19. The van der Waals surface area contributed by atoms with E-state index in [1.54, 1.807) is 11.0 Å². The molecular weight excluding hydrogens is 327 g/mol. The number of benzene rings is 1. The van der Waals surface area contributed by atoms with Gasteiger partial charge in [-0.25, -0.2) is 14.0 Å². The summed E-state index contributed by atoms with van der Waals surface area (Å²) in [5.74, 6) is -2.06. The first-order valence-corrected chi connectivity index (χ1v) is 8.32. The Hall–Kier alpha value is -2.31. The third-order valence-electron chi connectivity index (χ3n) is 4.19. The lowest BCUT2D eigenvalue weighted by Gasteiger charge is -2.39. The molecule has 0 bridgehead atoms. The van der Waals surface area contributed by atoms with Crippen LogP contribution in [0, 0.1) is 5.82 Å². The van der Waals surface area contributed by atoms with Gasteiger partial charge in [0.05, 0.1) is 5.56 Å². The van der Waals surface area contributed by atoms with Gasteiger partial charge in [-0.1, -0.05) is 0 Å². The van der Waals surface area contributed by atoms with Crippen LogP contribution in [0.1, 0.15) is 44.0 Å². The quantitative estimate of drug-likeness (QED) is 0.903. The molecule has 138 valence electrons. The van der Waals surface area contributed by atoms with Gasteiger partial charge < -0.3 is 19.6 Å². The Morgan fingerprint density at radius 3 is 2.60 bits per heavy atom. The van der Waals surface area contributed by atoms with Crippen molar-refractivity contribution in [3.05, 3.63) is 29.6 Å². The molecule has 1 heterocycles. The minimum atomic E-state index is -1.29. The minimum Gasteiger partial charge on any atom is -0.478 e. The number of nitrogens with zero attached hydrogens (tertiary/aromatic N) is 2. The summed E-state index contributed by atoms with van der Waals surface area (Å²) in [6.07, 6.45) is 1.33. The van der Waals surface area contributed by atoms with Gasteiger partial charge in [-0.2, -0.15) is 0 Å². The van der Waals surface area contributed by atoms with E-state index in [0.29, 0.717) is 18.8 Å². The van der Waals surface area contributed by atoms with Gasteiger partial charge in [0.2, 0.25) is 0 Å². The molecule has 1 saturated heterocycles. The van der Waals surface area contributed by atoms with Gasteiger partial charge in [-0.15, -0.1) is 0 Å². The molecule has 6 nitrogen and oxygen atoms in total. The van der Waals surface area contributed by atoms with Crippen molar-refractivity contribution in [1.29, 1.82) is 0 Å².